The summed E-state index contributed by atoms with van der Waals surface area (Å²) < 4.78 is 0. The first-order chi connectivity index (χ1) is 12.0. The maximum Gasteiger partial charge on any atom is 0.315 e. The summed E-state index contributed by atoms with van der Waals surface area (Å²) >= 11 is 0. The van der Waals surface area contributed by atoms with Crippen LogP contribution in [0.25, 0.3) is 0 Å². The molecule has 3 rings (SSSR count). The van der Waals surface area contributed by atoms with E-state index in [4.69, 9.17) is 0 Å². The lowest BCUT2D eigenvalue weighted by molar-refractivity contribution is -0.116. The highest BCUT2D eigenvalue weighted by molar-refractivity contribution is 5.93. The third-order valence-electron chi connectivity index (χ3n) is 5.19. The normalized spacial score (nSPS) is 19.7. The third kappa shape index (κ3) is 4.51. The van der Waals surface area contributed by atoms with Crippen LogP contribution in [-0.2, 0) is 11.2 Å². The highest BCUT2D eigenvalue weighted by Gasteiger charge is 2.19. The number of urea groups is 1. The second kappa shape index (κ2) is 7.87. The molecule has 3 N–H and O–H groups in total. The lowest BCUT2D eigenvalue weighted by Gasteiger charge is -2.24. The van der Waals surface area contributed by atoms with Crippen molar-refractivity contribution in [3.8, 4) is 0 Å². The molecule has 6 heteroatoms. The van der Waals surface area contributed by atoms with Crippen LogP contribution in [0.3, 0.4) is 0 Å². The predicted octanol–water partition coefficient (Wildman–Crippen LogP) is 2.42. The molecule has 2 aliphatic rings. The van der Waals surface area contributed by atoms with E-state index in [2.05, 4.69) is 33.8 Å². The van der Waals surface area contributed by atoms with E-state index < -0.39 is 0 Å². The Balaban J connectivity index is 1.50. The number of hydrogen-bond donors (Lipinski definition) is 3. The predicted molar refractivity (Wildman–Crippen MR) is 98.6 cm³/mol. The van der Waals surface area contributed by atoms with Gasteiger partial charge in [-0.05, 0) is 63.4 Å². The maximum atomic E-state index is 12.2. The first-order valence-corrected chi connectivity index (χ1v) is 9.24. The monoisotopic (exact) mass is 344 g/mol. The van der Waals surface area contributed by atoms with Crippen molar-refractivity contribution >= 4 is 17.6 Å². The number of amides is 3. The van der Waals surface area contributed by atoms with Gasteiger partial charge in [0.1, 0.15) is 0 Å². The van der Waals surface area contributed by atoms with Gasteiger partial charge in [0.2, 0.25) is 5.91 Å². The summed E-state index contributed by atoms with van der Waals surface area (Å²) in [6, 6.07) is 6.12. The molecule has 2 heterocycles. The Bertz CT molecular complexity index is 640. The number of rotatable bonds is 5. The zero-order valence-corrected chi connectivity index (χ0v) is 15.1. The van der Waals surface area contributed by atoms with Crippen LogP contribution in [0.1, 0.15) is 50.3 Å². The first kappa shape index (κ1) is 17.7. The molecule has 2 atom stereocenters. The van der Waals surface area contributed by atoms with E-state index in [9.17, 15) is 9.59 Å². The first-order valence-electron chi connectivity index (χ1n) is 9.24. The fourth-order valence-electron chi connectivity index (χ4n) is 3.56. The number of aryl methyl sites for hydroxylation is 1. The Morgan fingerprint density at radius 1 is 1.24 bits per heavy atom. The van der Waals surface area contributed by atoms with E-state index in [1.54, 1.807) is 0 Å². The molecular formula is C19H28N4O2. The van der Waals surface area contributed by atoms with Crippen LogP contribution in [0.15, 0.2) is 18.2 Å². The standard InChI is InChI=1S/C19H28N4O2/c1-13(23-9-3-4-10-23)12-20-19(25)21-14(2)15-5-7-17-16(11-15)6-8-18(24)22-17/h5,7,11,13-14H,3-4,6,8-10,12H2,1-2H3,(H,22,24)(H2,20,21,25)/t13-,14+/m1/s1. The number of nitrogens with one attached hydrogen (secondary N) is 3. The highest BCUT2D eigenvalue weighted by Crippen LogP contribution is 2.26. The summed E-state index contributed by atoms with van der Waals surface area (Å²) in [4.78, 5) is 26.0. The fraction of sp³-hybridized carbons (Fsp3) is 0.579. The van der Waals surface area contributed by atoms with Crippen LogP contribution in [0, 0.1) is 0 Å². The van der Waals surface area contributed by atoms with Gasteiger partial charge in [-0.3, -0.25) is 9.69 Å². The van der Waals surface area contributed by atoms with Crippen molar-refractivity contribution in [2.75, 3.05) is 25.0 Å². The minimum Gasteiger partial charge on any atom is -0.337 e. The van der Waals surface area contributed by atoms with E-state index >= 15 is 0 Å². The lowest BCUT2D eigenvalue weighted by Crippen LogP contribution is -2.44. The smallest absolute Gasteiger partial charge is 0.315 e. The molecule has 1 saturated heterocycles. The molecule has 1 aromatic rings. The molecule has 6 nitrogen and oxygen atoms in total. The van der Waals surface area contributed by atoms with Crippen LogP contribution < -0.4 is 16.0 Å². The average Bonchev–Trinajstić information content (AvgIpc) is 3.13. The minimum atomic E-state index is -0.135. The SMILES string of the molecule is C[C@H](NC(=O)NC[C@@H](C)N1CCCC1)c1ccc2c(c1)CCC(=O)N2. The van der Waals surface area contributed by atoms with E-state index in [0.717, 1.165) is 36.3 Å². The molecule has 3 amide bonds. The summed E-state index contributed by atoms with van der Waals surface area (Å²) in [6.45, 7) is 7.06. The average molecular weight is 344 g/mol. The number of carbonyl (C=O) groups excluding carboxylic acids is 2. The largest absolute Gasteiger partial charge is 0.337 e. The second-order valence-electron chi connectivity index (χ2n) is 7.13. The van der Waals surface area contributed by atoms with Crippen LogP contribution in [0.5, 0.6) is 0 Å². The van der Waals surface area contributed by atoms with Gasteiger partial charge in [0.15, 0.2) is 0 Å². The van der Waals surface area contributed by atoms with Crippen molar-refractivity contribution in [2.45, 2.75) is 51.6 Å². The van der Waals surface area contributed by atoms with Gasteiger partial charge in [0.05, 0.1) is 6.04 Å². The van der Waals surface area contributed by atoms with Crippen molar-refractivity contribution in [1.82, 2.24) is 15.5 Å². The number of benzene rings is 1. The summed E-state index contributed by atoms with van der Waals surface area (Å²) in [6.07, 6.45) is 3.78. The molecule has 0 saturated carbocycles. The van der Waals surface area contributed by atoms with Gasteiger partial charge in [-0.1, -0.05) is 12.1 Å². The van der Waals surface area contributed by atoms with Crippen molar-refractivity contribution in [2.24, 2.45) is 0 Å². The molecular weight excluding hydrogens is 316 g/mol. The Hall–Kier alpha value is -2.08. The van der Waals surface area contributed by atoms with Crippen molar-refractivity contribution in [3.05, 3.63) is 29.3 Å². The molecule has 0 spiro atoms. The van der Waals surface area contributed by atoms with Crippen molar-refractivity contribution in [1.29, 1.82) is 0 Å². The third-order valence-corrected chi connectivity index (χ3v) is 5.19. The maximum absolute atomic E-state index is 12.2. The van der Waals surface area contributed by atoms with E-state index in [1.165, 1.54) is 12.8 Å². The molecule has 136 valence electrons. The fourth-order valence-corrected chi connectivity index (χ4v) is 3.56. The number of hydrogen-bond acceptors (Lipinski definition) is 3. The van der Waals surface area contributed by atoms with Gasteiger partial charge in [0, 0.05) is 24.7 Å². The summed E-state index contributed by atoms with van der Waals surface area (Å²) in [5, 5.41) is 8.86. The Labute approximate surface area is 149 Å². The number of fused-ring (bicyclic) bond motifs is 1. The molecule has 25 heavy (non-hydrogen) atoms. The number of nitrogens with zero attached hydrogens (tertiary/aromatic N) is 1. The molecule has 2 aliphatic heterocycles. The zero-order chi connectivity index (χ0) is 17.8. The molecule has 1 aromatic carbocycles. The summed E-state index contributed by atoms with van der Waals surface area (Å²) in [5.41, 5.74) is 3.07. The molecule has 0 aromatic heterocycles. The van der Waals surface area contributed by atoms with Gasteiger partial charge in [-0.2, -0.15) is 0 Å². The van der Waals surface area contributed by atoms with Crippen LogP contribution in [0.2, 0.25) is 0 Å². The Kier molecular flexibility index (Phi) is 5.58. The van der Waals surface area contributed by atoms with Gasteiger partial charge in [-0.25, -0.2) is 4.79 Å². The van der Waals surface area contributed by atoms with Gasteiger partial charge in [-0.15, -0.1) is 0 Å². The van der Waals surface area contributed by atoms with E-state index in [-0.39, 0.29) is 18.0 Å². The van der Waals surface area contributed by atoms with Crippen LogP contribution >= 0.6 is 0 Å². The van der Waals surface area contributed by atoms with Crippen LogP contribution in [0.4, 0.5) is 10.5 Å². The van der Waals surface area contributed by atoms with Gasteiger partial charge < -0.3 is 16.0 Å². The number of likely N-dealkylation sites (tertiary alicyclic amines) is 1. The molecule has 0 bridgehead atoms. The summed E-state index contributed by atoms with van der Waals surface area (Å²) in [7, 11) is 0. The van der Waals surface area contributed by atoms with Gasteiger partial charge in [0.25, 0.3) is 0 Å². The molecule has 0 radical (unpaired) electrons. The molecule has 0 unspecified atom stereocenters. The highest BCUT2D eigenvalue weighted by atomic mass is 16.2. The quantitative estimate of drug-likeness (QED) is 0.768. The van der Waals surface area contributed by atoms with E-state index in [1.807, 2.05) is 19.1 Å². The minimum absolute atomic E-state index is 0.0675. The van der Waals surface area contributed by atoms with Crippen LogP contribution in [-0.4, -0.2) is 42.5 Å². The van der Waals surface area contributed by atoms with Gasteiger partial charge >= 0.3 is 6.03 Å². The molecule has 0 aliphatic carbocycles. The number of anilines is 1. The van der Waals surface area contributed by atoms with E-state index in [0.29, 0.717) is 19.0 Å². The second-order valence-corrected chi connectivity index (χ2v) is 7.13. The van der Waals surface area contributed by atoms with Crippen molar-refractivity contribution in [3.63, 3.8) is 0 Å². The lowest BCUT2D eigenvalue weighted by atomic mass is 9.98. The Morgan fingerprint density at radius 3 is 2.76 bits per heavy atom. The topological polar surface area (TPSA) is 73.5 Å². The van der Waals surface area contributed by atoms with Crippen molar-refractivity contribution < 1.29 is 9.59 Å². The Morgan fingerprint density at radius 2 is 2.00 bits per heavy atom. The number of carbonyl (C=O) groups is 2. The summed E-state index contributed by atoms with van der Waals surface area (Å²) in [5.74, 6) is 0.0675. The molecule has 1 fully saturated rings. The zero-order valence-electron chi connectivity index (χ0n) is 15.1.